The van der Waals surface area contributed by atoms with E-state index in [9.17, 15) is 19.2 Å². The maximum absolute atomic E-state index is 12.8. The second-order valence-electron chi connectivity index (χ2n) is 9.12. The number of hydrogen-bond acceptors (Lipinski definition) is 5. The van der Waals surface area contributed by atoms with Crippen LogP contribution in [0.25, 0.3) is 0 Å². The van der Waals surface area contributed by atoms with Crippen LogP contribution in [0.5, 0.6) is 5.75 Å². The molecule has 2 aromatic rings. The Morgan fingerprint density at radius 1 is 0.912 bits per heavy atom. The molecule has 2 fully saturated rings. The fraction of sp³-hybridized carbons (Fsp3) is 0.333. The van der Waals surface area contributed by atoms with Gasteiger partial charge in [0.15, 0.2) is 0 Å². The lowest BCUT2D eigenvalue weighted by atomic mass is 9.85. The Labute approximate surface area is 198 Å². The highest BCUT2D eigenvalue weighted by atomic mass is 16.5. The number of ether oxygens (including phenoxy) is 1. The van der Waals surface area contributed by atoms with E-state index in [4.69, 9.17) is 4.74 Å². The third-order valence-electron chi connectivity index (χ3n) is 7.06. The minimum Gasteiger partial charge on any atom is -0.426 e. The molecule has 0 radical (unpaired) electrons. The van der Waals surface area contributed by atoms with Crippen LogP contribution in [0, 0.1) is 17.8 Å². The van der Waals surface area contributed by atoms with Gasteiger partial charge in [0.05, 0.1) is 29.5 Å². The van der Waals surface area contributed by atoms with Crippen molar-refractivity contribution in [2.75, 3.05) is 11.4 Å². The number of nitrogens with zero attached hydrogens (tertiary/aromatic N) is 2. The molecular weight excluding hydrogens is 432 g/mol. The Hall–Kier alpha value is -3.74. The lowest BCUT2D eigenvalue weighted by Crippen LogP contribution is -2.31. The number of esters is 1. The predicted octanol–water partition coefficient (Wildman–Crippen LogP) is 3.66. The van der Waals surface area contributed by atoms with Crippen LogP contribution in [-0.2, 0) is 19.2 Å². The number of carbonyl (C=O) groups excluding carboxylic acids is 4. The first kappa shape index (κ1) is 22.1. The van der Waals surface area contributed by atoms with E-state index in [2.05, 4.69) is 0 Å². The highest BCUT2D eigenvalue weighted by Crippen LogP contribution is 2.38. The topological polar surface area (TPSA) is 84.0 Å². The van der Waals surface area contributed by atoms with Crippen LogP contribution in [0.1, 0.15) is 37.8 Å². The van der Waals surface area contributed by atoms with Gasteiger partial charge in [-0.05, 0) is 49.6 Å². The summed E-state index contributed by atoms with van der Waals surface area (Å²) in [5.74, 6) is -1.72. The monoisotopic (exact) mass is 458 g/mol. The summed E-state index contributed by atoms with van der Waals surface area (Å²) in [5.41, 5.74) is 1.49. The maximum Gasteiger partial charge on any atom is 0.316 e. The molecule has 0 aromatic heterocycles. The molecule has 2 aliphatic heterocycles. The Bertz CT molecular complexity index is 1130. The highest BCUT2D eigenvalue weighted by molar-refractivity contribution is 6.22. The third-order valence-corrected chi connectivity index (χ3v) is 7.06. The number of benzene rings is 2. The summed E-state index contributed by atoms with van der Waals surface area (Å²) in [5, 5.41) is 0. The second kappa shape index (κ2) is 8.89. The number of amides is 3. The first-order chi connectivity index (χ1) is 16.4. The van der Waals surface area contributed by atoms with Gasteiger partial charge in [0.1, 0.15) is 5.75 Å². The molecule has 0 spiro atoms. The van der Waals surface area contributed by atoms with Gasteiger partial charge in [0.25, 0.3) is 0 Å². The lowest BCUT2D eigenvalue weighted by Gasteiger charge is -2.25. The fourth-order valence-corrected chi connectivity index (χ4v) is 5.09. The Morgan fingerprint density at radius 2 is 1.53 bits per heavy atom. The van der Waals surface area contributed by atoms with E-state index in [1.807, 2.05) is 49.4 Å². The molecule has 3 aliphatic rings. The van der Waals surface area contributed by atoms with Gasteiger partial charge < -0.3 is 9.64 Å². The van der Waals surface area contributed by atoms with Crippen LogP contribution < -0.4 is 9.64 Å². The van der Waals surface area contributed by atoms with Crippen LogP contribution in [0.3, 0.4) is 0 Å². The second-order valence-corrected chi connectivity index (χ2v) is 9.12. The summed E-state index contributed by atoms with van der Waals surface area (Å²) in [6.45, 7) is 2.26. The molecule has 7 heteroatoms. The standard InChI is InChI=1S/C27H26N2O5/c1-17(18-7-3-2-4-8-18)28-16-19(15-24(28)30)27(33)34-21-13-11-20(12-14-21)29-25(31)22-9-5-6-10-23(22)26(29)32/h2-8,11-14,17,19,22-23H,9-10,15-16H2,1H3/t17-,19+,22-,23+/m1/s1. The smallest absolute Gasteiger partial charge is 0.316 e. The summed E-state index contributed by atoms with van der Waals surface area (Å²) < 4.78 is 5.53. The largest absolute Gasteiger partial charge is 0.426 e. The number of anilines is 1. The van der Waals surface area contributed by atoms with Crippen LogP contribution in [0.2, 0.25) is 0 Å². The van der Waals surface area contributed by atoms with E-state index in [0.717, 1.165) is 5.56 Å². The number of imide groups is 1. The lowest BCUT2D eigenvalue weighted by molar-refractivity contribution is -0.139. The molecule has 4 atom stereocenters. The summed E-state index contributed by atoms with van der Waals surface area (Å²) in [6, 6.07) is 16.0. The van der Waals surface area contributed by atoms with Crippen LogP contribution in [-0.4, -0.2) is 35.1 Å². The quantitative estimate of drug-likeness (QED) is 0.296. The van der Waals surface area contributed by atoms with Crippen molar-refractivity contribution in [3.05, 3.63) is 72.3 Å². The van der Waals surface area contributed by atoms with Gasteiger partial charge in [-0.1, -0.05) is 42.5 Å². The molecule has 1 aliphatic carbocycles. The zero-order chi connectivity index (χ0) is 23.8. The molecule has 5 rings (SSSR count). The van der Waals surface area contributed by atoms with Crippen molar-refractivity contribution in [3.8, 4) is 5.75 Å². The number of allylic oxidation sites excluding steroid dienone is 2. The van der Waals surface area contributed by atoms with Gasteiger partial charge in [-0.2, -0.15) is 0 Å². The summed E-state index contributed by atoms with van der Waals surface area (Å²) in [6.07, 6.45) is 5.19. The molecule has 7 nitrogen and oxygen atoms in total. The molecule has 0 bridgehead atoms. The molecule has 0 N–H and O–H groups in total. The molecule has 2 saturated heterocycles. The van der Waals surface area contributed by atoms with E-state index < -0.39 is 11.9 Å². The molecule has 2 aromatic carbocycles. The van der Waals surface area contributed by atoms with Crippen molar-refractivity contribution in [2.24, 2.45) is 17.8 Å². The van der Waals surface area contributed by atoms with Crippen molar-refractivity contribution in [1.29, 1.82) is 0 Å². The van der Waals surface area contributed by atoms with E-state index in [1.54, 1.807) is 29.2 Å². The van der Waals surface area contributed by atoms with Crippen molar-refractivity contribution in [2.45, 2.75) is 32.2 Å². The minimum atomic E-state index is -0.546. The van der Waals surface area contributed by atoms with Crippen molar-refractivity contribution < 1.29 is 23.9 Å². The number of rotatable bonds is 5. The van der Waals surface area contributed by atoms with Crippen molar-refractivity contribution in [3.63, 3.8) is 0 Å². The summed E-state index contributed by atoms with van der Waals surface area (Å²) in [4.78, 5) is 53.8. The van der Waals surface area contributed by atoms with E-state index >= 15 is 0 Å². The SMILES string of the molecule is C[C@H](c1ccccc1)N1C[C@@H](C(=O)Oc2ccc(N3C(=O)[C@H]4CC=CC[C@H]4C3=O)cc2)CC1=O. The zero-order valence-electron chi connectivity index (χ0n) is 18.9. The van der Waals surface area contributed by atoms with E-state index in [-0.39, 0.29) is 42.0 Å². The number of carbonyl (C=O) groups is 4. The van der Waals surface area contributed by atoms with Gasteiger partial charge in [-0.15, -0.1) is 0 Å². The average molecular weight is 459 g/mol. The summed E-state index contributed by atoms with van der Waals surface area (Å²) >= 11 is 0. The fourth-order valence-electron chi connectivity index (χ4n) is 5.09. The molecule has 2 heterocycles. The first-order valence-electron chi connectivity index (χ1n) is 11.6. The highest BCUT2D eigenvalue weighted by Gasteiger charge is 2.47. The number of hydrogen-bond donors (Lipinski definition) is 0. The van der Waals surface area contributed by atoms with Crippen LogP contribution in [0.15, 0.2) is 66.7 Å². The van der Waals surface area contributed by atoms with Crippen molar-refractivity contribution >= 4 is 29.4 Å². The van der Waals surface area contributed by atoms with E-state index in [0.29, 0.717) is 30.8 Å². The maximum atomic E-state index is 12.8. The molecular formula is C27H26N2O5. The number of fused-ring (bicyclic) bond motifs is 1. The molecule has 3 amide bonds. The third kappa shape index (κ3) is 3.91. The molecule has 0 saturated carbocycles. The Morgan fingerprint density at radius 3 is 2.15 bits per heavy atom. The minimum absolute atomic E-state index is 0.0735. The first-order valence-corrected chi connectivity index (χ1v) is 11.6. The van der Waals surface area contributed by atoms with Gasteiger partial charge in [-0.3, -0.25) is 24.1 Å². The van der Waals surface area contributed by atoms with Gasteiger partial charge in [0, 0.05) is 13.0 Å². The molecule has 174 valence electrons. The Balaban J connectivity index is 1.23. The van der Waals surface area contributed by atoms with E-state index in [1.165, 1.54) is 4.90 Å². The predicted molar refractivity (Wildman–Crippen MR) is 125 cm³/mol. The van der Waals surface area contributed by atoms with Gasteiger partial charge >= 0.3 is 5.97 Å². The number of likely N-dealkylation sites (tertiary alicyclic amines) is 1. The van der Waals surface area contributed by atoms with Crippen LogP contribution >= 0.6 is 0 Å². The zero-order valence-corrected chi connectivity index (χ0v) is 18.9. The van der Waals surface area contributed by atoms with Crippen molar-refractivity contribution in [1.82, 2.24) is 4.90 Å². The Kier molecular flexibility index (Phi) is 5.77. The van der Waals surface area contributed by atoms with Gasteiger partial charge in [0.2, 0.25) is 17.7 Å². The molecule has 34 heavy (non-hydrogen) atoms. The normalized spacial score (nSPS) is 25.0. The summed E-state index contributed by atoms with van der Waals surface area (Å²) in [7, 11) is 0. The average Bonchev–Trinajstić information content (AvgIpc) is 3.37. The molecule has 0 unspecified atom stereocenters. The van der Waals surface area contributed by atoms with Gasteiger partial charge in [-0.25, -0.2) is 0 Å². The van der Waals surface area contributed by atoms with Crippen LogP contribution in [0.4, 0.5) is 5.69 Å².